The van der Waals surface area contributed by atoms with E-state index in [2.05, 4.69) is 20.8 Å². The number of rotatable bonds is 3. The summed E-state index contributed by atoms with van der Waals surface area (Å²) in [6.07, 6.45) is 5.96. The van der Waals surface area contributed by atoms with Crippen molar-refractivity contribution in [3.05, 3.63) is 0 Å². The number of fused-ring (bicyclic) bond motifs is 1. The quantitative estimate of drug-likeness (QED) is 0.827. The lowest BCUT2D eigenvalue weighted by Crippen LogP contribution is -2.32. The molecule has 0 radical (unpaired) electrons. The van der Waals surface area contributed by atoms with E-state index >= 15 is 0 Å². The maximum atomic E-state index is 10.0. The maximum absolute atomic E-state index is 10.0. The average Bonchev–Trinajstić information content (AvgIpc) is 2.71. The standard InChI is InChI=1S/C14H26O3/c1-14(2,3)13(15)7-5-10-4-6-11-12(8-10)17-9-16-11/h10-13,15H,4-9H2,1-3H3/t10?,11?,12?,13-/m1/s1. The SMILES string of the molecule is CC(C)(C)[C@H](O)CCC1CCC2OCOC2C1. The Balaban J connectivity index is 1.73. The first kappa shape index (κ1) is 13.3. The Morgan fingerprint density at radius 2 is 1.88 bits per heavy atom. The Hall–Kier alpha value is -0.120. The van der Waals surface area contributed by atoms with Crippen LogP contribution in [-0.2, 0) is 9.47 Å². The lowest BCUT2D eigenvalue weighted by Gasteiger charge is -2.32. The average molecular weight is 242 g/mol. The van der Waals surface area contributed by atoms with Crippen molar-refractivity contribution in [1.82, 2.24) is 0 Å². The second-order valence-corrected chi connectivity index (χ2v) is 6.67. The summed E-state index contributed by atoms with van der Waals surface area (Å²) in [5, 5.41) is 10.0. The first-order valence-electron chi connectivity index (χ1n) is 6.88. The first-order valence-corrected chi connectivity index (χ1v) is 6.88. The second kappa shape index (κ2) is 5.25. The molecule has 1 aliphatic heterocycles. The normalized spacial score (nSPS) is 35.6. The van der Waals surface area contributed by atoms with E-state index in [1.807, 2.05) is 0 Å². The number of hydrogen-bond acceptors (Lipinski definition) is 3. The second-order valence-electron chi connectivity index (χ2n) is 6.67. The Bertz CT molecular complexity index is 246. The summed E-state index contributed by atoms with van der Waals surface area (Å²) in [5.41, 5.74) is 0.00414. The molecule has 3 nitrogen and oxygen atoms in total. The molecule has 0 aromatic carbocycles. The number of hydrogen-bond donors (Lipinski definition) is 1. The van der Waals surface area contributed by atoms with Crippen molar-refractivity contribution in [3.8, 4) is 0 Å². The molecule has 3 heteroatoms. The van der Waals surface area contributed by atoms with Gasteiger partial charge in [-0.25, -0.2) is 0 Å². The van der Waals surface area contributed by atoms with E-state index in [1.54, 1.807) is 0 Å². The summed E-state index contributed by atoms with van der Waals surface area (Å²) in [5.74, 6) is 0.704. The summed E-state index contributed by atoms with van der Waals surface area (Å²) in [4.78, 5) is 0. The Kier molecular flexibility index (Phi) is 4.11. The van der Waals surface area contributed by atoms with Gasteiger partial charge in [-0.15, -0.1) is 0 Å². The molecule has 2 rings (SSSR count). The van der Waals surface area contributed by atoms with E-state index in [4.69, 9.17) is 9.47 Å². The summed E-state index contributed by atoms with van der Waals surface area (Å²) < 4.78 is 11.1. The van der Waals surface area contributed by atoms with Crippen molar-refractivity contribution in [1.29, 1.82) is 0 Å². The van der Waals surface area contributed by atoms with Gasteiger partial charge in [0.15, 0.2) is 0 Å². The molecule has 1 heterocycles. The summed E-state index contributed by atoms with van der Waals surface area (Å²) >= 11 is 0. The Morgan fingerprint density at radius 1 is 1.18 bits per heavy atom. The van der Waals surface area contributed by atoms with Gasteiger partial charge >= 0.3 is 0 Å². The van der Waals surface area contributed by atoms with Gasteiger partial charge in [-0.1, -0.05) is 20.8 Å². The highest BCUT2D eigenvalue weighted by Gasteiger charge is 2.36. The molecule has 0 amide bonds. The van der Waals surface area contributed by atoms with Crippen LogP contribution in [0.25, 0.3) is 0 Å². The van der Waals surface area contributed by atoms with Crippen molar-refractivity contribution in [3.63, 3.8) is 0 Å². The zero-order valence-electron chi connectivity index (χ0n) is 11.3. The van der Waals surface area contributed by atoms with E-state index < -0.39 is 0 Å². The van der Waals surface area contributed by atoms with Crippen molar-refractivity contribution in [2.24, 2.45) is 11.3 Å². The third-order valence-corrected chi connectivity index (χ3v) is 4.25. The molecule has 1 saturated carbocycles. The van der Waals surface area contributed by atoms with Crippen LogP contribution in [0, 0.1) is 11.3 Å². The molecule has 4 atom stereocenters. The highest BCUT2D eigenvalue weighted by molar-refractivity contribution is 4.84. The third-order valence-electron chi connectivity index (χ3n) is 4.25. The predicted octanol–water partition coefficient (Wildman–Crippen LogP) is 2.72. The van der Waals surface area contributed by atoms with Crippen LogP contribution >= 0.6 is 0 Å². The van der Waals surface area contributed by atoms with Gasteiger partial charge in [-0.3, -0.25) is 0 Å². The van der Waals surface area contributed by atoms with Gasteiger partial charge in [-0.2, -0.15) is 0 Å². The minimum Gasteiger partial charge on any atom is -0.393 e. The van der Waals surface area contributed by atoms with Gasteiger partial charge in [0.1, 0.15) is 6.79 Å². The molecular formula is C14H26O3. The minimum atomic E-state index is -0.194. The van der Waals surface area contributed by atoms with Gasteiger partial charge in [0.25, 0.3) is 0 Å². The van der Waals surface area contributed by atoms with Crippen LogP contribution in [0.3, 0.4) is 0 Å². The number of ether oxygens (including phenoxy) is 2. The van der Waals surface area contributed by atoms with Crippen molar-refractivity contribution in [2.75, 3.05) is 6.79 Å². The van der Waals surface area contributed by atoms with E-state index in [0.717, 1.165) is 25.7 Å². The molecule has 3 unspecified atom stereocenters. The molecule has 0 bridgehead atoms. The zero-order chi connectivity index (χ0) is 12.5. The van der Waals surface area contributed by atoms with Crippen molar-refractivity contribution < 1.29 is 14.6 Å². The smallest absolute Gasteiger partial charge is 0.147 e. The van der Waals surface area contributed by atoms with Crippen molar-refractivity contribution in [2.45, 2.75) is 71.2 Å². The van der Waals surface area contributed by atoms with Gasteiger partial charge in [0, 0.05) is 0 Å². The monoisotopic (exact) mass is 242 g/mol. The zero-order valence-corrected chi connectivity index (χ0v) is 11.3. The van der Waals surface area contributed by atoms with E-state index in [0.29, 0.717) is 24.9 Å². The fraction of sp³-hybridized carbons (Fsp3) is 1.00. The van der Waals surface area contributed by atoms with Gasteiger partial charge in [0.05, 0.1) is 18.3 Å². The number of aliphatic hydroxyl groups excluding tert-OH is 1. The minimum absolute atomic E-state index is 0.00414. The van der Waals surface area contributed by atoms with Crippen LogP contribution in [0.1, 0.15) is 52.9 Å². The predicted molar refractivity (Wildman–Crippen MR) is 66.6 cm³/mol. The van der Waals surface area contributed by atoms with E-state index in [1.165, 1.54) is 6.42 Å². The maximum Gasteiger partial charge on any atom is 0.147 e. The molecule has 0 spiro atoms. The summed E-state index contributed by atoms with van der Waals surface area (Å²) in [6, 6.07) is 0. The first-order chi connectivity index (χ1) is 7.97. The molecule has 2 aliphatic rings. The van der Waals surface area contributed by atoms with Crippen LogP contribution in [0.5, 0.6) is 0 Å². The van der Waals surface area contributed by atoms with E-state index in [9.17, 15) is 5.11 Å². The summed E-state index contributed by atoms with van der Waals surface area (Å²) in [7, 11) is 0. The summed E-state index contributed by atoms with van der Waals surface area (Å²) in [6.45, 7) is 6.78. The Morgan fingerprint density at radius 3 is 2.59 bits per heavy atom. The molecule has 17 heavy (non-hydrogen) atoms. The molecule has 0 aromatic heterocycles. The third kappa shape index (κ3) is 3.43. The van der Waals surface area contributed by atoms with Gasteiger partial charge < -0.3 is 14.6 Å². The lowest BCUT2D eigenvalue weighted by molar-refractivity contribution is 0.0330. The molecule has 1 N–H and O–H groups in total. The molecule has 100 valence electrons. The molecule has 1 aliphatic carbocycles. The Labute approximate surface area is 104 Å². The molecule has 1 saturated heterocycles. The van der Waals surface area contributed by atoms with Crippen LogP contribution in [-0.4, -0.2) is 30.2 Å². The molecule has 2 fully saturated rings. The largest absolute Gasteiger partial charge is 0.393 e. The van der Waals surface area contributed by atoms with Crippen LogP contribution in [0.15, 0.2) is 0 Å². The topological polar surface area (TPSA) is 38.7 Å². The van der Waals surface area contributed by atoms with Gasteiger partial charge in [0.2, 0.25) is 0 Å². The highest BCUT2D eigenvalue weighted by atomic mass is 16.7. The lowest BCUT2D eigenvalue weighted by atomic mass is 9.79. The van der Waals surface area contributed by atoms with Crippen LogP contribution in [0.4, 0.5) is 0 Å². The highest BCUT2D eigenvalue weighted by Crippen LogP contribution is 2.35. The van der Waals surface area contributed by atoms with Crippen LogP contribution < -0.4 is 0 Å². The molecular weight excluding hydrogens is 216 g/mol. The fourth-order valence-electron chi connectivity index (χ4n) is 2.85. The van der Waals surface area contributed by atoms with Crippen LogP contribution in [0.2, 0.25) is 0 Å². The van der Waals surface area contributed by atoms with E-state index in [-0.39, 0.29) is 11.5 Å². The number of aliphatic hydroxyl groups is 1. The fourth-order valence-corrected chi connectivity index (χ4v) is 2.85. The molecule has 0 aromatic rings. The van der Waals surface area contributed by atoms with Gasteiger partial charge in [-0.05, 0) is 43.4 Å². The van der Waals surface area contributed by atoms with Crippen molar-refractivity contribution >= 4 is 0 Å².